The fourth-order valence-electron chi connectivity index (χ4n) is 1.78. The highest BCUT2D eigenvalue weighted by Crippen LogP contribution is 2.11. The second-order valence-corrected chi connectivity index (χ2v) is 4.43. The molecule has 1 aromatic rings. The predicted molar refractivity (Wildman–Crippen MR) is 63.8 cm³/mol. The lowest BCUT2D eigenvalue weighted by Crippen LogP contribution is -2.06. The zero-order valence-corrected chi connectivity index (χ0v) is 10.2. The summed E-state index contributed by atoms with van der Waals surface area (Å²) >= 11 is 0. The van der Waals surface area contributed by atoms with E-state index >= 15 is 0 Å². The molecule has 0 saturated heterocycles. The van der Waals surface area contributed by atoms with E-state index < -0.39 is 0 Å². The summed E-state index contributed by atoms with van der Waals surface area (Å²) in [6.07, 6.45) is 3.15. The lowest BCUT2D eigenvalue weighted by atomic mass is 10.1. The molecule has 0 aromatic carbocycles. The Hall–Kier alpha value is -0.830. The van der Waals surface area contributed by atoms with E-state index in [1.165, 1.54) is 11.4 Å². The first-order valence-corrected chi connectivity index (χ1v) is 5.93. The Morgan fingerprint density at radius 2 is 2.20 bits per heavy atom. The molecule has 0 atom stereocenters. The van der Waals surface area contributed by atoms with Crippen LogP contribution in [0.2, 0.25) is 0 Å². The largest absolute Gasteiger partial charge is 0.330 e. The maximum atomic E-state index is 5.50. The number of rotatable bonds is 6. The number of nitrogens with zero attached hydrogens (tertiary/aromatic N) is 2. The SMILES string of the molecule is CCn1nc(CCCN)cc1CC(C)C. The summed E-state index contributed by atoms with van der Waals surface area (Å²) in [6.45, 7) is 8.34. The molecule has 0 amide bonds. The van der Waals surface area contributed by atoms with Gasteiger partial charge in [-0.3, -0.25) is 4.68 Å². The van der Waals surface area contributed by atoms with Crippen LogP contribution < -0.4 is 5.73 Å². The molecule has 2 N–H and O–H groups in total. The van der Waals surface area contributed by atoms with Crippen molar-refractivity contribution >= 4 is 0 Å². The smallest absolute Gasteiger partial charge is 0.0628 e. The number of nitrogens with two attached hydrogens (primary N) is 1. The van der Waals surface area contributed by atoms with Crippen molar-refractivity contribution in [3.8, 4) is 0 Å². The Labute approximate surface area is 92.7 Å². The highest BCUT2D eigenvalue weighted by Gasteiger charge is 2.07. The van der Waals surface area contributed by atoms with Crippen molar-refractivity contribution in [1.29, 1.82) is 0 Å². The second-order valence-electron chi connectivity index (χ2n) is 4.43. The van der Waals surface area contributed by atoms with Gasteiger partial charge in [-0.05, 0) is 44.7 Å². The molecule has 0 aliphatic carbocycles. The normalized spacial score (nSPS) is 11.3. The van der Waals surface area contributed by atoms with Crippen molar-refractivity contribution in [3.05, 3.63) is 17.5 Å². The molecule has 1 heterocycles. The van der Waals surface area contributed by atoms with Gasteiger partial charge in [0.15, 0.2) is 0 Å². The fourth-order valence-corrected chi connectivity index (χ4v) is 1.78. The molecule has 0 bridgehead atoms. The highest BCUT2D eigenvalue weighted by molar-refractivity contribution is 5.11. The van der Waals surface area contributed by atoms with Crippen LogP contribution in [0.1, 0.15) is 38.6 Å². The van der Waals surface area contributed by atoms with Crippen LogP contribution in [0.15, 0.2) is 6.07 Å². The first-order valence-electron chi connectivity index (χ1n) is 5.93. The summed E-state index contributed by atoms with van der Waals surface area (Å²) in [5, 5.41) is 4.58. The van der Waals surface area contributed by atoms with Crippen LogP contribution in [0.25, 0.3) is 0 Å². The van der Waals surface area contributed by atoms with Gasteiger partial charge in [0.2, 0.25) is 0 Å². The van der Waals surface area contributed by atoms with E-state index in [4.69, 9.17) is 5.73 Å². The van der Waals surface area contributed by atoms with Crippen molar-refractivity contribution in [2.75, 3.05) is 6.54 Å². The summed E-state index contributed by atoms with van der Waals surface area (Å²) in [5.74, 6) is 0.689. The van der Waals surface area contributed by atoms with Gasteiger partial charge in [-0.25, -0.2) is 0 Å². The molecule has 3 heteroatoms. The number of hydrogen-bond donors (Lipinski definition) is 1. The molecule has 0 saturated carbocycles. The molecule has 0 unspecified atom stereocenters. The van der Waals surface area contributed by atoms with Gasteiger partial charge in [-0.1, -0.05) is 13.8 Å². The third-order valence-corrected chi connectivity index (χ3v) is 2.47. The molecule has 86 valence electrons. The summed E-state index contributed by atoms with van der Waals surface area (Å²) in [7, 11) is 0. The molecular formula is C12H23N3. The Kier molecular flexibility index (Phi) is 4.82. The number of hydrogen-bond acceptors (Lipinski definition) is 2. The van der Waals surface area contributed by atoms with E-state index in [9.17, 15) is 0 Å². The number of aromatic nitrogens is 2. The summed E-state index contributed by atoms with van der Waals surface area (Å²) in [6, 6.07) is 2.24. The van der Waals surface area contributed by atoms with E-state index in [0.29, 0.717) is 5.92 Å². The maximum absolute atomic E-state index is 5.50. The average Bonchev–Trinajstić information content (AvgIpc) is 2.56. The van der Waals surface area contributed by atoms with Crippen LogP contribution in [-0.2, 0) is 19.4 Å². The third-order valence-electron chi connectivity index (χ3n) is 2.47. The second kappa shape index (κ2) is 5.91. The van der Waals surface area contributed by atoms with Crippen LogP contribution in [0.3, 0.4) is 0 Å². The van der Waals surface area contributed by atoms with Gasteiger partial charge in [0.05, 0.1) is 5.69 Å². The maximum Gasteiger partial charge on any atom is 0.0628 e. The van der Waals surface area contributed by atoms with Crippen molar-refractivity contribution in [2.24, 2.45) is 11.7 Å². The van der Waals surface area contributed by atoms with Gasteiger partial charge in [-0.15, -0.1) is 0 Å². The monoisotopic (exact) mass is 209 g/mol. The Morgan fingerprint density at radius 1 is 1.47 bits per heavy atom. The molecule has 0 aliphatic rings. The minimum Gasteiger partial charge on any atom is -0.330 e. The van der Waals surface area contributed by atoms with E-state index in [2.05, 4.69) is 36.6 Å². The molecule has 1 aromatic heterocycles. The predicted octanol–water partition coefficient (Wildman–Crippen LogP) is 1.99. The van der Waals surface area contributed by atoms with Crippen LogP contribution in [-0.4, -0.2) is 16.3 Å². The Bertz CT molecular complexity index is 289. The van der Waals surface area contributed by atoms with Crippen LogP contribution in [0.4, 0.5) is 0 Å². The Morgan fingerprint density at radius 3 is 2.73 bits per heavy atom. The van der Waals surface area contributed by atoms with Crippen molar-refractivity contribution in [1.82, 2.24) is 9.78 Å². The van der Waals surface area contributed by atoms with Crippen LogP contribution in [0, 0.1) is 5.92 Å². The van der Waals surface area contributed by atoms with Crippen molar-refractivity contribution < 1.29 is 0 Å². The van der Waals surface area contributed by atoms with Gasteiger partial charge in [-0.2, -0.15) is 5.10 Å². The standard InChI is InChI=1S/C12H23N3/c1-4-15-12(8-10(2)3)9-11(14-15)6-5-7-13/h9-10H,4-8,13H2,1-3H3. The topological polar surface area (TPSA) is 43.8 Å². The lowest BCUT2D eigenvalue weighted by Gasteiger charge is -2.06. The quantitative estimate of drug-likeness (QED) is 0.778. The zero-order chi connectivity index (χ0) is 11.3. The molecule has 0 radical (unpaired) electrons. The first kappa shape index (κ1) is 12.2. The molecule has 15 heavy (non-hydrogen) atoms. The molecule has 0 fully saturated rings. The fraction of sp³-hybridized carbons (Fsp3) is 0.750. The summed E-state index contributed by atoms with van der Waals surface area (Å²) in [5.41, 5.74) is 8.05. The zero-order valence-electron chi connectivity index (χ0n) is 10.2. The van der Waals surface area contributed by atoms with Gasteiger partial charge < -0.3 is 5.73 Å². The lowest BCUT2D eigenvalue weighted by molar-refractivity contribution is 0.559. The van der Waals surface area contributed by atoms with E-state index in [-0.39, 0.29) is 0 Å². The average molecular weight is 209 g/mol. The molecule has 1 rings (SSSR count). The van der Waals surface area contributed by atoms with Gasteiger partial charge in [0.25, 0.3) is 0 Å². The third kappa shape index (κ3) is 3.67. The first-order chi connectivity index (χ1) is 7.17. The number of aryl methyl sites for hydroxylation is 2. The summed E-state index contributed by atoms with van der Waals surface area (Å²) < 4.78 is 2.12. The minimum atomic E-state index is 0.689. The van der Waals surface area contributed by atoms with Crippen LogP contribution in [0.5, 0.6) is 0 Å². The molecule has 3 nitrogen and oxygen atoms in total. The highest BCUT2D eigenvalue weighted by atomic mass is 15.3. The minimum absolute atomic E-state index is 0.689. The van der Waals surface area contributed by atoms with E-state index in [1.54, 1.807) is 0 Å². The van der Waals surface area contributed by atoms with E-state index in [1.807, 2.05) is 0 Å². The van der Waals surface area contributed by atoms with Gasteiger partial charge in [0, 0.05) is 12.2 Å². The molecule has 0 aliphatic heterocycles. The van der Waals surface area contributed by atoms with E-state index in [0.717, 1.165) is 32.4 Å². The molecular weight excluding hydrogens is 186 g/mol. The van der Waals surface area contributed by atoms with Crippen molar-refractivity contribution in [2.45, 2.75) is 46.6 Å². The van der Waals surface area contributed by atoms with Crippen LogP contribution >= 0.6 is 0 Å². The van der Waals surface area contributed by atoms with Gasteiger partial charge >= 0.3 is 0 Å². The summed E-state index contributed by atoms with van der Waals surface area (Å²) in [4.78, 5) is 0. The molecule has 0 spiro atoms. The Balaban J connectivity index is 2.71. The van der Waals surface area contributed by atoms with Crippen molar-refractivity contribution in [3.63, 3.8) is 0 Å². The van der Waals surface area contributed by atoms with Gasteiger partial charge in [0.1, 0.15) is 0 Å².